The normalized spacial score (nSPS) is 15.3. The van der Waals surface area contributed by atoms with Crippen LogP contribution in [0.5, 0.6) is 0 Å². The number of thioether (sulfide) groups is 1. The largest absolute Gasteiger partial charge is 0.478 e. The smallest absolute Gasteiger partial charge is 0.335 e. The van der Waals surface area contributed by atoms with Gasteiger partial charge in [-0.15, -0.1) is 0 Å². The summed E-state index contributed by atoms with van der Waals surface area (Å²) in [5.74, 6) is -0.226. The first kappa shape index (κ1) is 19.4. The van der Waals surface area contributed by atoms with Crippen molar-refractivity contribution in [3.8, 4) is 11.3 Å². The van der Waals surface area contributed by atoms with Gasteiger partial charge in [0, 0.05) is 11.6 Å². The first-order chi connectivity index (χ1) is 13.9. The highest BCUT2D eigenvalue weighted by molar-refractivity contribution is 8.27. The fourth-order valence-electron chi connectivity index (χ4n) is 2.81. The molecule has 2 aromatic carbocycles. The van der Waals surface area contributed by atoms with Gasteiger partial charge in [0.1, 0.15) is 11.5 Å². The third-order valence-electron chi connectivity index (χ3n) is 4.21. The van der Waals surface area contributed by atoms with Crippen LogP contribution in [0.1, 0.15) is 16.1 Å². The summed E-state index contributed by atoms with van der Waals surface area (Å²) in [7, 11) is 0. The molecule has 144 valence electrons. The number of rotatable bonds is 4. The highest BCUT2D eigenvalue weighted by Gasteiger charge is 2.33. The van der Waals surface area contributed by atoms with Gasteiger partial charge in [-0.3, -0.25) is 9.69 Å². The van der Waals surface area contributed by atoms with Crippen molar-refractivity contribution in [2.75, 3.05) is 4.90 Å². The summed E-state index contributed by atoms with van der Waals surface area (Å²) in [5.41, 5.74) is 1.41. The zero-order chi connectivity index (χ0) is 20.5. The lowest BCUT2D eigenvalue weighted by Crippen LogP contribution is -2.27. The van der Waals surface area contributed by atoms with E-state index in [0.29, 0.717) is 31.5 Å². The van der Waals surface area contributed by atoms with Gasteiger partial charge in [0.15, 0.2) is 4.32 Å². The summed E-state index contributed by atoms with van der Waals surface area (Å²) in [6.45, 7) is 0. The standard InChI is InChI=1S/C21H12ClNO4S2/c22-16-4-2-1-3-15(16)17-10-9-14(27-17)11-18-19(24)23(21(28)29-18)13-7-5-12(6-8-13)20(25)26/h1-11H,(H,25,26). The monoisotopic (exact) mass is 441 g/mol. The van der Waals surface area contributed by atoms with Gasteiger partial charge in [0.05, 0.1) is 21.2 Å². The predicted octanol–water partition coefficient (Wildman–Crippen LogP) is 5.70. The molecule has 3 aromatic rings. The van der Waals surface area contributed by atoms with Gasteiger partial charge in [-0.05, 0) is 48.5 Å². The lowest BCUT2D eigenvalue weighted by atomic mass is 10.2. The van der Waals surface area contributed by atoms with Crippen LogP contribution in [0.2, 0.25) is 5.02 Å². The Morgan fingerprint density at radius 2 is 1.83 bits per heavy atom. The molecule has 0 atom stereocenters. The van der Waals surface area contributed by atoms with Crippen LogP contribution < -0.4 is 4.90 Å². The van der Waals surface area contributed by atoms with Crippen LogP contribution in [-0.2, 0) is 4.79 Å². The Balaban J connectivity index is 1.60. The van der Waals surface area contributed by atoms with Gasteiger partial charge in [-0.1, -0.05) is 47.7 Å². The number of carboxylic acid groups (broad SMARTS) is 1. The van der Waals surface area contributed by atoms with Gasteiger partial charge in [0.2, 0.25) is 0 Å². The average Bonchev–Trinajstić information content (AvgIpc) is 3.27. The quantitative estimate of drug-likeness (QED) is 0.413. The van der Waals surface area contributed by atoms with Crippen molar-refractivity contribution in [3.63, 3.8) is 0 Å². The second-order valence-electron chi connectivity index (χ2n) is 6.05. The van der Waals surface area contributed by atoms with Crippen molar-refractivity contribution in [2.45, 2.75) is 0 Å². The SMILES string of the molecule is O=C(O)c1ccc(N2C(=O)C(=Cc3ccc(-c4ccccc4Cl)o3)SC2=S)cc1. The Kier molecular flexibility index (Phi) is 5.27. The molecule has 0 spiro atoms. The van der Waals surface area contributed by atoms with Gasteiger partial charge in [0.25, 0.3) is 5.91 Å². The second kappa shape index (κ2) is 7.87. The molecule has 1 saturated heterocycles. The van der Waals surface area contributed by atoms with Crippen LogP contribution in [0.15, 0.2) is 70.0 Å². The average molecular weight is 442 g/mol. The van der Waals surface area contributed by atoms with Crippen molar-refractivity contribution >= 4 is 63.5 Å². The summed E-state index contributed by atoms with van der Waals surface area (Å²) < 4.78 is 6.19. The van der Waals surface area contributed by atoms with Crippen molar-refractivity contribution in [2.24, 2.45) is 0 Å². The van der Waals surface area contributed by atoms with Crippen LogP contribution in [0.3, 0.4) is 0 Å². The number of thiocarbonyl (C=S) groups is 1. The Labute approximate surface area is 180 Å². The van der Waals surface area contributed by atoms with E-state index >= 15 is 0 Å². The molecular formula is C21H12ClNO4S2. The fourth-order valence-corrected chi connectivity index (χ4v) is 4.32. The molecule has 4 rings (SSSR count). The van der Waals surface area contributed by atoms with Crippen molar-refractivity contribution in [1.82, 2.24) is 0 Å². The van der Waals surface area contributed by atoms with Crippen LogP contribution >= 0.6 is 35.6 Å². The number of carbonyl (C=O) groups excluding carboxylic acids is 1. The molecule has 1 aliphatic heterocycles. The summed E-state index contributed by atoms with van der Waals surface area (Å²) in [5, 5.41) is 9.59. The Bertz CT molecular complexity index is 1170. The van der Waals surface area contributed by atoms with E-state index in [2.05, 4.69) is 0 Å². The topological polar surface area (TPSA) is 70.8 Å². The third kappa shape index (κ3) is 3.85. The Morgan fingerprint density at radius 1 is 1.10 bits per heavy atom. The lowest BCUT2D eigenvalue weighted by Gasteiger charge is -2.14. The maximum Gasteiger partial charge on any atom is 0.335 e. The molecule has 0 radical (unpaired) electrons. The van der Waals surface area contributed by atoms with Gasteiger partial charge in [-0.25, -0.2) is 4.79 Å². The lowest BCUT2D eigenvalue weighted by molar-refractivity contribution is -0.113. The van der Waals surface area contributed by atoms with Crippen molar-refractivity contribution < 1.29 is 19.1 Å². The van der Waals surface area contributed by atoms with Crippen LogP contribution in [0, 0.1) is 0 Å². The maximum atomic E-state index is 12.8. The van der Waals surface area contributed by atoms with Gasteiger partial charge in [-0.2, -0.15) is 0 Å². The molecule has 0 saturated carbocycles. The number of carboxylic acids is 1. The van der Waals surface area contributed by atoms with E-state index in [1.807, 2.05) is 18.2 Å². The number of hydrogen-bond acceptors (Lipinski definition) is 5. The number of amides is 1. The minimum atomic E-state index is -1.03. The number of furan rings is 1. The van der Waals surface area contributed by atoms with Crippen LogP contribution in [-0.4, -0.2) is 21.3 Å². The molecule has 29 heavy (non-hydrogen) atoms. The van der Waals surface area contributed by atoms with Gasteiger partial charge >= 0.3 is 5.97 Å². The highest BCUT2D eigenvalue weighted by Crippen LogP contribution is 2.37. The molecule has 1 N–H and O–H groups in total. The number of anilines is 1. The first-order valence-electron chi connectivity index (χ1n) is 8.40. The van der Waals surface area contributed by atoms with Crippen LogP contribution in [0.25, 0.3) is 17.4 Å². The van der Waals surface area contributed by atoms with Gasteiger partial charge < -0.3 is 9.52 Å². The molecule has 1 aliphatic rings. The number of nitrogens with zero attached hydrogens (tertiary/aromatic N) is 1. The van der Waals surface area contributed by atoms with E-state index in [-0.39, 0.29) is 11.5 Å². The molecule has 8 heteroatoms. The third-order valence-corrected chi connectivity index (χ3v) is 5.84. The molecule has 0 aliphatic carbocycles. The molecule has 1 fully saturated rings. The zero-order valence-corrected chi connectivity index (χ0v) is 17.1. The molecule has 0 bridgehead atoms. The summed E-state index contributed by atoms with van der Waals surface area (Å²) >= 11 is 12.7. The summed E-state index contributed by atoms with van der Waals surface area (Å²) in [6.07, 6.45) is 1.63. The highest BCUT2D eigenvalue weighted by atomic mass is 35.5. The summed E-state index contributed by atoms with van der Waals surface area (Å²) in [6, 6.07) is 16.9. The molecule has 1 aromatic heterocycles. The molecule has 0 unspecified atom stereocenters. The summed E-state index contributed by atoms with van der Waals surface area (Å²) in [4.78, 5) is 25.6. The minimum Gasteiger partial charge on any atom is -0.478 e. The maximum absolute atomic E-state index is 12.8. The molecule has 1 amide bonds. The molecular weight excluding hydrogens is 430 g/mol. The van der Waals surface area contributed by atoms with Crippen molar-refractivity contribution in [3.05, 3.63) is 81.9 Å². The Hall–Kier alpha value is -2.87. The molecule has 5 nitrogen and oxygen atoms in total. The molecule has 2 heterocycles. The van der Waals surface area contributed by atoms with E-state index in [1.165, 1.54) is 17.0 Å². The number of halogens is 1. The van der Waals surface area contributed by atoms with E-state index < -0.39 is 5.97 Å². The number of hydrogen-bond donors (Lipinski definition) is 1. The Morgan fingerprint density at radius 3 is 2.52 bits per heavy atom. The first-order valence-corrected chi connectivity index (χ1v) is 10.0. The number of carbonyl (C=O) groups is 2. The fraction of sp³-hybridized carbons (Fsp3) is 0. The van der Waals surface area contributed by atoms with E-state index in [1.54, 1.807) is 36.4 Å². The zero-order valence-electron chi connectivity index (χ0n) is 14.7. The van der Waals surface area contributed by atoms with E-state index in [0.717, 1.165) is 17.3 Å². The van der Waals surface area contributed by atoms with Crippen LogP contribution in [0.4, 0.5) is 5.69 Å². The minimum absolute atomic E-state index is 0.137. The predicted molar refractivity (Wildman–Crippen MR) is 118 cm³/mol. The second-order valence-corrected chi connectivity index (χ2v) is 8.13. The van der Waals surface area contributed by atoms with Crippen molar-refractivity contribution in [1.29, 1.82) is 0 Å². The van der Waals surface area contributed by atoms with E-state index in [9.17, 15) is 9.59 Å². The number of aromatic carboxylic acids is 1. The van der Waals surface area contributed by atoms with E-state index in [4.69, 9.17) is 33.3 Å². The number of benzene rings is 2.